The van der Waals surface area contributed by atoms with Gasteiger partial charge in [0.1, 0.15) is 0 Å². The zero-order valence-corrected chi connectivity index (χ0v) is 11.8. The number of ether oxygens (including phenoxy) is 1. The van der Waals surface area contributed by atoms with Crippen molar-refractivity contribution in [3.63, 3.8) is 0 Å². The van der Waals surface area contributed by atoms with Crippen LogP contribution in [0.4, 0.5) is 0 Å². The summed E-state index contributed by atoms with van der Waals surface area (Å²) in [5.41, 5.74) is -0.163. The maximum Gasteiger partial charge on any atom is 0.0699 e. The highest BCUT2D eigenvalue weighted by Crippen LogP contribution is 2.23. The van der Waals surface area contributed by atoms with Crippen molar-refractivity contribution < 1.29 is 9.84 Å². The second-order valence-corrected chi connectivity index (χ2v) is 6.13. The Morgan fingerprint density at radius 2 is 2.22 bits per heavy atom. The van der Waals surface area contributed by atoms with Crippen LogP contribution >= 0.6 is 0 Å². The molecule has 18 heavy (non-hydrogen) atoms. The number of nitrogens with zero attached hydrogens (tertiary/aromatic N) is 1. The molecule has 2 fully saturated rings. The summed E-state index contributed by atoms with van der Waals surface area (Å²) in [6.45, 7) is 8.40. The van der Waals surface area contributed by atoms with Crippen LogP contribution in [0.3, 0.4) is 0 Å². The molecule has 106 valence electrons. The smallest absolute Gasteiger partial charge is 0.0699 e. The number of aliphatic hydroxyl groups is 1. The second kappa shape index (κ2) is 6.33. The molecule has 0 aromatic rings. The van der Waals surface area contributed by atoms with Gasteiger partial charge in [-0.1, -0.05) is 6.92 Å². The molecule has 4 nitrogen and oxygen atoms in total. The predicted molar refractivity (Wildman–Crippen MR) is 72.7 cm³/mol. The molecule has 0 spiro atoms. The van der Waals surface area contributed by atoms with Crippen LogP contribution in [-0.4, -0.2) is 60.5 Å². The molecule has 0 amide bonds. The normalized spacial score (nSPS) is 29.8. The summed E-state index contributed by atoms with van der Waals surface area (Å²) >= 11 is 0. The zero-order chi connectivity index (χ0) is 13.0. The number of hydrogen-bond acceptors (Lipinski definition) is 4. The summed E-state index contributed by atoms with van der Waals surface area (Å²) in [5, 5.41) is 13.3. The van der Waals surface area contributed by atoms with Crippen molar-refractivity contribution in [2.75, 3.05) is 32.8 Å². The number of nitrogens with one attached hydrogen (secondary N) is 1. The number of rotatable bonds is 6. The topological polar surface area (TPSA) is 44.7 Å². The summed E-state index contributed by atoms with van der Waals surface area (Å²) in [4.78, 5) is 2.45. The van der Waals surface area contributed by atoms with E-state index in [1.54, 1.807) is 0 Å². The molecule has 1 saturated carbocycles. The molecule has 2 unspecified atom stereocenters. The Morgan fingerprint density at radius 3 is 2.83 bits per heavy atom. The Labute approximate surface area is 111 Å². The molecule has 2 rings (SSSR count). The Hall–Kier alpha value is -0.160. The predicted octanol–water partition coefficient (Wildman–Crippen LogP) is 0.990. The van der Waals surface area contributed by atoms with Crippen LogP contribution in [0.25, 0.3) is 0 Å². The molecule has 2 aliphatic rings. The van der Waals surface area contributed by atoms with Crippen molar-refractivity contribution in [2.24, 2.45) is 0 Å². The largest absolute Gasteiger partial charge is 0.394 e. The fourth-order valence-electron chi connectivity index (χ4n) is 2.72. The van der Waals surface area contributed by atoms with E-state index < -0.39 is 0 Å². The van der Waals surface area contributed by atoms with E-state index in [1.165, 1.54) is 12.8 Å². The molecule has 1 heterocycles. The first kappa shape index (κ1) is 14.3. The van der Waals surface area contributed by atoms with Crippen LogP contribution in [0.1, 0.15) is 39.5 Å². The summed E-state index contributed by atoms with van der Waals surface area (Å²) < 4.78 is 5.80. The lowest BCUT2D eigenvalue weighted by atomic mass is 10.0. The Balaban J connectivity index is 1.87. The maximum absolute atomic E-state index is 9.67. The molecule has 2 atom stereocenters. The van der Waals surface area contributed by atoms with E-state index in [0.29, 0.717) is 12.1 Å². The van der Waals surface area contributed by atoms with Gasteiger partial charge in [0.15, 0.2) is 0 Å². The highest BCUT2D eigenvalue weighted by Gasteiger charge is 2.34. The number of aliphatic hydroxyl groups excluding tert-OH is 1. The van der Waals surface area contributed by atoms with Crippen molar-refractivity contribution in [3.8, 4) is 0 Å². The van der Waals surface area contributed by atoms with Gasteiger partial charge >= 0.3 is 0 Å². The van der Waals surface area contributed by atoms with Crippen molar-refractivity contribution in [2.45, 2.75) is 57.2 Å². The molecule has 1 aliphatic carbocycles. The molecule has 0 radical (unpaired) electrons. The van der Waals surface area contributed by atoms with E-state index in [4.69, 9.17) is 4.74 Å². The van der Waals surface area contributed by atoms with Crippen molar-refractivity contribution in [3.05, 3.63) is 0 Å². The first-order chi connectivity index (χ1) is 8.65. The van der Waals surface area contributed by atoms with E-state index >= 15 is 0 Å². The molecular weight excluding hydrogens is 228 g/mol. The molecule has 0 aromatic heterocycles. The third-order valence-corrected chi connectivity index (χ3v) is 3.94. The van der Waals surface area contributed by atoms with E-state index in [9.17, 15) is 5.11 Å². The van der Waals surface area contributed by atoms with Crippen molar-refractivity contribution >= 4 is 0 Å². The van der Waals surface area contributed by atoms with Crippen LogP contribution in [-0.2, 0) is 4.74 Å². The van der Waals surface area contributed by atoms with Gasteiger partial charge < -0.3 is 15.2 Å². The molecule has 0 aromatic carbocycles. The second-order valence-electron chi connectivity index (χ2n) is 6.13. The quantitative estimate of drug-likeness (QED) is 0.744. The number of hydrogen-bond donors (Lipinski definition) is 2. The fourth-order valence-corrected chi connectivity index (χ4v) is 2.72. The minimum atomic E-state index is -0.163. The highest BCUT2D eigenvalue weighted by molar-refractivity contribution is 4.94. The molecule has 1 saturated heterocycles. The molecule has 1 aliphatic heterocycles. The SMILES string of the molecule is CCC1CN(CC(C)(CO)NC2CC2)CCCO1. The highest BCUT2D eigenvalue weighted by atomic mass is 16.5. The lowest BCUT2D eigenvalue weighted by molar-refractivity contribution is 0.0440. The van der Waals surface area contributed by atoms with Crippen LogP contribution in [0, 0.1) is 0 Å². The Kier molecular flexibility index (Phi) is 5.01. The minimum Gasteiger partial charge on any atom is -0.394 e. The van der Waals surface area contributed by atoms with Crippen LogP contribution < -0.4 is 5.32 Å². The Bertz CT molecular complexity index is 258. The van der Waals surface area contributed by atoms with Gasteiger partial charge in [-0.3, -0.25) is 4.90 Å². The summed E-state index contributed by atoms with van der Waals surface area (Å²) in [7, 11) is 0. The third kappa shape index (κ3) is 4.19. The standard InChI is InChI=1S/C14H28N2O2/c1-3-13-9-16(7-4-8-18-13)10-14(2,11-17)15-12-5-6-12/h12-13,15,17H,3-11H2,1-2H3. The van der Waals surface area contributed by atoms with E-state index in [1.807, 2.05) is 0 Å². The first-order valence-electron chi connectivity index (χ1n) is 7.38. The molecule has 0 bridgehead atoms. The fraction of sp³-hybridized carbons (Fsp3) is 1.00. The summed E-state index contributed by atoms with van der Waals surface area (Å²) in [5.74, 6) is 0. The molecular formula is C14H28N2O2. The van der Waals surface area contributed by atoms with Gasteiger partial charge in [-0.15, -0.1) is 0 Å². The van der Waals surface area contributed by atoms with Gasteiger partial charge in [0.05, 0.1) is 18.2 Å². The van der Waals surface area contributed by atoms with Gasteiger partial charge in [0, 0.05) is 32.3 Å². The van der Waals surface area contributed by atoms with Crippen molar-refractivity contribution in [1.82, 2.24) is 10.2 Å². The van der Waals surface area contributed by atoms with Gasteiger partial charge in [0.25, 0.3) is 0 Å². The summed E-state index contributed by atoms with van der Waals surface area (Å²) in [6, 6.07) is 0.632. The third-order valence-electron chi connectivity index (χ3n) is 3.94. The lowest BCUT2D eigenvalue weighted by Gasteiger charge is -2.35. The average molecular weight is 256 g/mol. The average Bonchev–Trinajstić information content (AvgIpc) is 3.17. The monoisotopic (exact) mass is 256 g/mol. The van der Waals surface area contributed by atoms with E-state index in [0.717, 1.165) is 39.1 Å². The summed E-state index contributed by atoms with van der Waals surface area (Å²) in [6.07, 6.45) is 5.05. The first-order valence-corrected chi connectivity index (χ1v) is 7.38. The zero-order valence-electron chi connectivity index (χ0n) is 11.8. The van der Waals surface area contributed by atoms with Gasteiger partial charge in [-0.05, 0) is 32.6 Å². The lowest BCUT2D eigenvalue weighted by Crippen LogP contribution is -2.55. The van der Waals surface area contributed by atoms with Crippen LogP contribution in [0.2, 0.25) is 0 Å². The minimum absolute atomic E-state index is 0.163. The van der Waals surface area contributed by atoms with E-state index in [2.05, 4.69) is 24.1 Å². The Morgan fingerprint density at radius 1 is 1.44 bits per heavy atom. The van der Waals surface area contributed by atoms with Gasteiger partial charge in [-0.2, -0.15) is 0 Å². The van der Waals surface area contributed by atoms with Gasteiger partial charge in [-0.25, -0.2) is 0 Å². The molecule has 2 N–H and O–H groups in total. The van der Waals surface area contributed by atoms with Crippen LogP contribution in [0.5, 0.6) is 0 Å². The van der Waals surface area contributed by atoms with Crippen molar-refractivity contribution in [1.29, 1.82) is 0 Å². The van der Waals surface area contributed by atoms with Crippen LogP contribution in [0.15, 0.2) is 0 Å². The maximum atomic E-state index is 9.67. The molecule has 4 heteroatoms. The van der Waals surface area contributed by atoms with Gasteiger partial charge in [0.2, 0.25) is 0 Å². The van der Waals surface area contributed by atoms with E-state index in [-0.39, 0.29) is 12.1 Å².